The van der Waals surface area contributed by atoms with E-state index in [0.717, 1.165) is 17.7 Å². The molecule has 0 aliphatic rings. The number of carbonyl (C=O) groups excluding carboxylic acids is 2. The summed E-state index contributed by atoms with van der Waals surface area (Å²) in [5.41, 5.74) is 2.02. The third kappa shape index (κ3) is 4.17. The van der Waals surface area contributed by atoms with Gasteiger partial charge in [-0.1, -0.05) is 6.92 Å². The van der Waals surface area contributed by atoms with E-state index in [9.17, 15) is 9.59 Å². The van der Waals surface area contributed by atoms with Gasteiger partial charge in [-0.3, -0.25) is 14.3 Å². The van der Waals surface area contributed by atoms with E-state index in [1.807, 2.05) is 30.7 Å². The zero-order valence-corrected chi connectivity index (χ0v) is 13.7. The highest BCUT2D eigenvalue weighted by molar-refractivity contribution is 7.07. The Labute approximate surface area is 133 Å². The predicted molar refractivity (Wildman–Crippen MR) is 86.8 cm³/mol. The molecule has 0 aromatic carbocycles. The molecule has 0 aliphatic carbocycles. The van der Waals surface area contributed by atoms with Crippen molar-refractivity contribution in [2.45, 2.75) is 32.7 Å². The molecule has 7 heteroatoms. The Morgan fingerprint density at radius 2 is 2.18 bits per heavy atom. The molecule has 118 valence electrons. The van der Waals surface area contributed by atoms with Crippen LogP contribution in [0.5, 0.6) is 0 Å². The monoisotopic (exact) mass is 320 g/mol. The molecule has 0 saturated heterocycles. The summed E-state index contributed by atoms with van der Waals surface area (Å²) >= 11 is 1.61. The van der Waals surface area contributed by atoms with E-state index >= 15 is 0 Å². The highest BCUT2D eigenvalue weighted by Crippen LogP contribution is 2.10. The maximum Gasteiger partial charge on any atom is 0.314 e. The molecule has 2 heterocycles. The van der Waals surface area contributed by atoms with Gasteiger partial charge in [0.15, 0.2) is 0 Å². The lowest BCUT2D eigenvalue weighted by atomic mass is 10.1. The van der Waals surface area contributed by atoms with E-state index in [4.69, 9.17) is 0 Å². The van der Waals surface area contributed by atoms with Gasteiger partial charge in [0.1, 0.15) is 5.82 Å². The molecule has 22 heavy (non-hydrogen) atoms. The maximum atomic E-state index is 11.9. The van der Waals surface area contributed by atoms with Gasteiger partial charge in [-0.15, -0.1) is 0 Å². The Kier molecular flexibility index (Phi) is 5.32. The second-order valence-electron chi connectivity index (χ2n) is 5.16. The summed E-state index contributed by atoms with van der Waals surface area (Å²) < 4.78 is 1.55. The van der Waals surface area contributed by atoms with Crippen molar-refractivity contribution in [2.24, 2.45) is 7.05 Å². The van der Waals surface area contributed by atoms with Gasteiger partial charge in [-0.05, 0) is 42.2 Å². The van der Waals surface area contributed by atoms with Gasteiger partial charge in [0.2, 0.25) is 0 Å². The number of thiophene rings is 1. The number of aromatic nitrogens is 2. The van der Waals surface area contributed by atoms with Crippen LogP contribution >= 0.6 is 11.3 Å². The van der Waals surface area contributed by atoms with Crippen molar-refractivity contribution in [3.63, 3.8) is 0 Å². The lowest BCUT2D eigenvalue weighted by molar-refractivity contribution is -0.136. The number of hydrogen-bond donors (Lipinski definition) is 2. The number of aryl methyl sites for hydroxylation is 2. The van der Waals surface area contributed by atoms with E-state index in [1.165, 1.54) is 0 Å². The van der Waals surface area contributed by atoms with E-state index in [2.05, 4.69) is 15.7 Å². The van der Waals surface area contributed by atoms with Gasteiger partial charge < -0.3 is 10.6 Å². The first-order valence-corrected chi connectivity index (χ1v) is 8.09. The number of carbonyl (C=O) groups is 2. The third-order valence-corrected chi connectivity index (χ3v) is 3.97. The number of nitrogens with zero attached hydrogens (tertiary/aromatic N) is 2. The Morgan fingerprint density at radius 1 is 1.41 bits per heavy atom. The SMILES string of the molecule is CCc1cc(NC(=O)C(=O)N[C@H](C)Cc2ccsc2)n(C)n1. The van der Waals surface area contributed by atoms with E-state index in [1.54, 1.807) is 29.1 Å². The highest BCUT2D eigenvalue weighted by atomic mass is 32.1. The van der Waals surface area contributed by atoms with Crippen molar-refractivity contribution >= 4 is 29.0 Å². The maximum absolute atomic E-state index is 11.9. The second-order valence-corrected chi connectivity index (χ2v) is 5.94. The number of amides is 2. The molecule has 0 spiro atoms. The number of anilines is 1. The number of rotatable bonds is 5. The largest absolute Gasteiger partial charge is 0.345 e. The second kappa shape index (κ2) is 7.22. The van der Waals surface area contributed by atoms with Crippen LogP contribution in [0.1, 0.15) is 25.1 Å². The Bertz CT molecular complexity index is 649. The topological polar surface area (TPSA) is 76.0 Å². The number of hydrogen-bond acceptors (Lipinski definition) is 4. The van der Waals surface area contributed by atoms with E-state index < -0.39 is 11.8 Å². The van der Waals surface area contributed by atoms with Crippen molar-refractivity contribution in [1.29, 1.82) is 0 Å². The summed E-state index contributed by atoms with van der Waals surface area (Å²) in [5.74, 6) is -0.799. The molecule has 6 nitrogen and oxygen atoms in total. The standard InChI is InChI=1S/C15H20N4O2S/c1-4-12-8-13(19(3)18-12)17-15(21)14(20)16-10(2)7-11-5-6-22-9-11/h5-6,8-10H,4,7H2,1-3H3,(H,16,20)(H,17,21)/t10-/m1/s1. The molecule has 0 saturated carbocycles. The summed E-state index contributed by atoms with van der Waals surface area (Å²) in [4.78, 5) is 23.9. The first kappa shape index (κ1) is 16.2. The van der Waals surface area contributed by atoms with Gasteiger partial charge >= 0.3 is 11.8 Å². The molecule has 1 atom stereocenters. The number of nitrogens with one attached hydrogen (secondary N) is 2. The average Bonchev–Trinajstić information content (AvgIpc) is 3.09. The normalized spacial score (nSPS) is 12.0. The molecule has 0 fully saturated rings. The molecule has 2 amide bonds. The molecule has 2 N–H and O–H groups in total. The minimum atomic E-state index is -0.678. The zero-order chi connectivity index (χ0) is 16.1. The van der Waals surface area contributed by atoms with Crippen LogP contribution in [0, 0.1) is 0 Å². The predicted octanol–water partition coefficient (Wildman–Crippen LogP) is 1.73. The van der Waals surface area contributed by atoms with Crippen LogP contribution in [0.4, 0.5) is 5.82 Å². The summed E-state index contributed by atoms with van der Waals surface area (Å²) in [7, 11) is 1.73. The van der Waals surface area contributed by atoms with Crippen LogP contribution in [-0.2, 0) is 29.5 Å². The molecule has 2 rings (SSSR count). The van der Waals surface area contributed by atoms with Crippen LogP contribution in [0.2, 0.25) is 0 Å². The fraction of sp³-hybridized carbons (Fsp3) is 0.400. The Morgan fingerprint density at radius 3 is 2.77 bits per heavy atom. The third-order valence-electron chi connectivity index (χ3n) is 3.24. The Hall–Kier alpha value is -2.15. The fourth-order valence-corrected chi connectivity index (χ4v) is 2.77. The summed E-state index contributed by atoms with van der Waals surface area (Å²) in [6.07, 6.45) is 1.47. The van der Waals surface area contributed by atoms with Crippen LogP contribution in [0.25, 0.3) is 0 Å². The van der Waals surface area contributed by atoms with Gasteiger partial charge in [0.25, 0.3) is 0 Å². The van der Waals surface area contributed by atoms with Gasteiger partial charge in [0, 0.05) is 19.2 Å². The van der Waals surface area contributed by atoms with Crippen molar-refractivity contribution in [3.05, 3.63) is 34.2 Å². The molecule has 0 aliphatic heterocycles. The minimum Gasteiger partial charge on any atom is -0.345 e. The van der Waals surface area contributed by atoms with Gasteiger partial charge in [-0.25, -0.2) is 0 Å². The van der Waals surface area contributed by atoms with Crippen molar-refractivity contribution in [1.82, 2.24) is 15.1 Å². The van der Waals surface area contributed by atoms with Crippen LogP contribution < -0.4 is 10.6 Å². The quantitative estimate of drug-likeness (QED) is 0.824. The van der Waals surface area contributed by atoms with Gasteiger partial charge in [0.05, 0.1) is 5.69 Å². The molecule has 2 aromatic rings. The fourth-order valence-electron chi connectivity index (χ4n) is 2.09. The lowest BCUT2D eigenvalue weighted by Crippen LogP contribution is -2.41. The summed E-state index contributed by atoms with van der Waals surface area (Å²) in [6.45, 7) is 3.86. The molecular formula is C15H20N4O2S. The van der Waals surface area contributed by atoms with Gasteiger partial charge in [-0.2, -0.15) is 16.4 Å². The molecule has 0 unspecified atom stereocenters. The lowest BCUT2D eigenvalue weighted by Gasteiger charge is -2.12. The van der Waals surface area contributed by atoms with E-state index in [0.29, 0.717) is 12.2 Å². The smallest absolute Gasteiger partial charge is 0.314 e. The average molecular weight is 320 g/mol. The molecule has 0 radical (unpaired) electrons. The Balaban J connectivity index is 1.88. The zero-order valence-electron chi connectivity index (χ0n) is 12.9. The highest BCUT2D eigenvalue weighted by Gasteiger charge is 2.18. The van der Waals surface area contributed by atoms with Crippen LogP contribution in [-0.4, -0.2) is 27.6 Å². The van der Waals surface area contributed by atoms with Crippen LogP contribution in [0.15, 0.2) is 22.9 Å². The minimum absolute atomic E-state index is 0.106. The van der Waals surface area contributed by atoms with E-state index in [-0.39, 0.29) is 6.04 Å². The molecule has 2 aromatic heterocycles. The summed E-state index contributed by atoms with van der Waals surface area (Å²) in [6, 6.07) is 3.67. The molecular weight excluding hydrogens is 300 g/mol. The summed E-state index contributed by atoms with van der Waals surface area (Å²) in [5, 5.41) is 13.5. The first-order chi connectivity index (χ1) is 10.5. The van der Waals surface area contributed by atoms with Crippen molar-refractivity contribution in [2.75, 3.05) is 5.32 Å². The molecule has 0 bridgehead atoms. The van der Waals surface area contributed by atoms with Crippen LogP contribution in [0.3, 0.4) is 0 Å². The van der Waals surface area contributed by atoms with Crippen molar-refractivity contribution in [3.8, 4) is 0 Å². The first-order valence-electron chi connectivity index (χ1n) is 7.15. The van der Waals surface area contributed by atoms with Crippen molar-refractivity contribution < 1.29 is 9.59 Å².